The fourth-order valence-corrected chi connectivity index (χ4v) is 3.52. The zero-order valence-corrected chi connectivity index (χ0v) is 17.8. The normalized spacial score (nSPS) is 14.6. The molecule has 160 valence electrons. The number of hydrogen-bond donors (Lipinski definition) is 2. The lowest BCUT2D eigenvalue weighted by atomic mass is 10.1. The number of rotatable bonds is 8. The van der Waals surface area contributed by atoms with E-state index in [1.54, 1.807) is 6.20 Å². The van der Waals surface area contributed by atoms with Gasteiger partial charge in [-0.2, -0.15) is 10.1 Å². The minimum absolute atomic E-state index is 0.235. The van der Waals surface area contributed by atoms with Crippen LogP contribution in [0.2, 0.25) is 0 Å². The Morgan fingerprint density at radius 3 is 2.77 bits per heavy atom. The fourth-order valence-electron chi connectivity index (χ4n) is 3.52. The minimum Gasteiger partial charge on any atom is -0.380 e. The molecular formula is C20H29N9O. The Bertz CT molecular complexity index is 967. The van der Waals surface area contributed by atoms with Gasteiger partial charge < -0.3 is 20.3 Å². The van der Waals surface area contributed by atoms with Crippen molar-refractivity contribution in [3.63, 3.8) is 0 Å². The van der Waals surface area contributed by atoms with Crippen LogP contribution < -0.4 is 15.5 Å². The van der Waals surface area contributed by atoms with Crippen LogP contribution in [0.3, 0.4) is 0 Å². The van der Waals surface area contributed by atoms with Gasteiger partial charge in [-0.3, -0.25) is 4.68 Å². The molecule has 3 aromatic heterocycles. The van der Waals surface area contributed by atoms with Crippen LogP contribution in [-0.2, 0) is 11.3 Å². The lowest BCUT2D eigenvalue weighted by Crippen LogP contribution is -2.44. The van der Waals surface area contributed by atoms with Gasteiger partial charge in [0.25, 0.3) is 0 Å². The summed E-state index contributed by atoms with van der Waals surface area (Å²) in [5.74, 6) is 2.33. The van der Waals surface area contributed by atoms with Crippen molar-refractivity contribution in [2.24, 2.45) is 0 Å². The number of ether oxygens (including phenoxy) is 1. The first-order valence-electron chi connectivity index (χ1n) is 10.5. The van der Waals surface area contributed by atoms with Gasteiger partial charge in [0.05, 0.1) is 18.8 Å². The van der Waals surface area contributed by atoms with Gasteiger partial charge in [0.1, 0.15) is 23.2 Å². The minimum atomic E-state index is 0.235. The van der Waals surface area contributed by atoms with Crippen molar-refractivity contribution in [3.05, 3.63) is 24.3 Å². The highest BCUT2D eigenvalue weighted by atomic mass is 16.5. The standard InChI is InChI=1S/C20H29N9O/c1-4-30-12-11-29-18-17(16(27-29)14(2)3)25-20(28-9-7-21-8-10-28)26-19(18)24-15-5-6-22-13-23-15/h5-6,13-14,21H,4,7-12H2,1-3H3,(H,22,23,24,25,26). The largest absolute Gasteiger partial charge is 0.380 e. The quantitative estimate of drug-likeness (QED) is 0.538. The summed E-state index contributed by atoms with van der Waals surface area (Å²) in [5.41, 5.74) is 2.71. The van der Waals surface area contributed by atoms with Crippen LogP contribution >= 0.6 is 0 Å². The van der Waals surface area contributed by atoms with Gasteiger partial charge in [-0.05, 0) is 18.9 Å². The molecule has 0 aliphatic carbocycles. The van der Waals surface area contributed by atoms with Gasteiger partial charge in [-0.1, -0.05) is 13.8 Å². The summed E-state index contributed by atoms with van der Waals surface area (Å²) < 4.78 is 7.53. The SMILES string of the molecule is CCOCCn1nc(C(C)C)c2nc(N3CCNCC3)nc(Nc3ccncn3)c21. The number of piperazine rings is 1. The maximum absolute atomic E-state index is 5.58. The van der Waals surface area contributed by atoms with Crippen molar-refractivity contribution in [2.75, 3.05) is 49.6 Å². The molecule has 0 aromatic carbocycles. The van der Waals surface area contributed by atoms with E-state index < -0.39 is 0 Å². The van der Waals surface area contributed by atoms with E-state index in [2.05, 4.69) is 39.3 Å². The molecular weight excluding hydrogens is 382 g/mol. The molecule has 4 rings (SSSR count). The summed E-state index contributed by atoms with van der Waals surface area (Å²) in [6.45, 7) is 11.7. The van der Waals surface area contributed by atoms with Crippen LogP contribution in [0.1, 0.15) is 32.4 Å². The first-order chi connectivity index (χ1) is 14.7. The van der Waals surface area contributed by atoms with Gasteiger partial charge >= 0.3 is 0 Å². The Morgan fingerprint density at radius 1 is 1.23 bits per heavy atom. The molecule has 0 bridgehead atoms. The molecule has 0 atom stereocenters. The average molecular weight is 412 g/mol. The molecule has 1 aliphatic rings. The van der Waals surface area contributed by atoms with Crippen molar-refractivity contribution >= 4 is 28.6 Å². The van der Waals surface area contributed by atoms with Crippen molar-refractivity contribution in [1.82, 2.24) is 35.0 Å². The van der Waals surface area contributed by atoms with Crippen LogP contribution in [-0.4, -0.2) is 69.1 Å². The maximum Gasteiger partial charge on any atom is 0.228 e. The second-order valence-electron chi connectivity index (χ2n) is 7.49. The number of nitrogens with one attached hydrogen (secondary N) is 2. The van der Waals surface area contributed by atoms with E-state index in [1.807, 2.05) is 17.7 Å². The molecule has 0 spiro atoms. The molecule has 0 saturated carbocycles. The van der Waals surface area contributed by atoms with Crippen LogP contribution in [0.4, 0.5) is 17.6 Å². The van der Waals surface area contributed by atoms with Crippen molar-refractivity contribution in [3.8, 4) is 0 Å². The summed E-state index contributed by atoms with van der Waals surface area (Å²) in [5, 5.41) is 11.6. The van der Waals surface area contributed by atoms with Gasteiger partial charge in [-0.25, -0.2) is 15.0 Å². The number of anilines is 3. The molecule has 30 heavy (non-hydrogen) atoms. The highest BCUT2D eigenvalue weighted by molar-refractivity contribution is 5.90. The number of aromatic nitrogens is 6. The highest BCUT2D eigenvalue weighted by Crippen LogP contribution is 2.31. The van der Waals surface area contributed by atoms with E-state index in [1.165, 1.54) is 6.33 Å². The molecule has 10 nitrogen and oxygen atoms in total. The van der Waals surface area contributed by atoms with Crippen LogP contribution in [0.25, 0.3) is 11.0 Å². The fraction of sp³-hybridized carbons (Fsp3) is 0.550. The topological polar surface area (TPSA) is 106 Å². The number of nitrogens with zero attached hydrogens (tertiary/aromatic N) is 7. The first-order valence-corrected chi connectivity index (χ1v) is 10.5. The van der Waals surface area contributed by atoms with E-state index in [0.717, 1.165) is 42.9 Å². The molecule has 2 N–H and O–H groups in total. The summed E-state index contributed by atoms with van der Waals surface area (Å²) in [6.07, 6.45) is 3.22. The Balaban J connectivity index is 1.84. The zero-order chi connectivity index (χ0) is 20.9. The lowest BCUT2D eigenvalue weighted by Gasteiger charge is -2.27. The molecule has 4 heterocycles. The number of fused-ring (bicyclic) bond motifs is 1. The predicted octanol–water partition coefficient (Wildman–Crippen LogP) is 1.93. The second-order valence-corrected chi connectivity index (χ2v) is 7.49. The third-order valence-corrected chi connectivity index (χ3v) is 5.03. The van der Waals surface area contributed by atoms with E-state index in [-0.39, 0.29) is 5.92 Å². The predicted molar refractivity (Wildman–Crippen MR) is 116 cm³/mol. The third-order valence-electron chi connectivity index (χ3n) is 5.03. The number of hydrogen-bond acceptors (Lipinski definition) is 9. The maximum atomic E-state index is 5.58. The molecule has 10 heteroatoms. The first kappa shape index (κ1) is 20.4. The van der Waals surface area contributed by atoms with Gasteiger partial charge in [0.15, 0.2) is 5.82 Å². The van der Waals surface area contributed by atoms with Gasteiger partial charge in [-0.15, -0.1) is 0 Å². The van der Waals surface area contributed by atoms with Crippen LogP contribution in [0.5, 0.6) is 0 Å². The smallest absolute Gasteiger partial charge is 0.228 e. The summed E-state index contributed by atoms with van der Waals surface area (Å²) >= 11 is 0. The van der Waals surface area contributed by atoms with E-state index in [0.29, 0.717) is 37.3 Å². The molecule has 1 saturated heterocycles. The Kier molecular flexibility index (Phi) is 6.34. The van der Waals surface area contributed by atoms with Crippen molar-refractivity contribution in [2.45, 2.75) is 33.2 Å². The lowest BCUT2D eigenvalue weighted by molar-refractivity contribution is 0.137. The summed E-state index contributed by atoms with van der Waals surface area (Å²) in [6, 6.07) is 1.82. The van der Waals surface area contributed by atoms with Crippen molar-refractivity contribution in [1.29, 1.82) is 0 Å². The Labute approximate surface area is 176 Å². The molecule has 1 fully saturated rings. The molecule has 1 aliphatic heterocycles. The molecule has 0 radical (unpaired) electrons. The third kappa shape index (κ3) is 4.34. The van der Waals surface area contributed by atoms with Gasteiger partial charge in [0, 0.05) is 39.0 Å². The van der Waals surface area contributed by atoms with E-state index >= 15 is 0 Å². The Morgan fingerprint density at radius 2 is 2.07 bits per heavy atom. The molecule has 3 aromatic rings. The van der Waals surface area contributed by atoms with Crippen LogP contribution in [0, 0.1) is 0 Å². The Hall–Kier alpha value is -2.85. The highest BCUT2D eigenvalue weighted by Gasteiger charge is 2.23. The van der Waals surface area contributed by atoms with Gasteiger partial charge in [0.2, 0.25) is 5.95 Å². The zero-order valence-electron chi connectivity index (χ0n) is 17.8. The van der Waals surface area contributed by atoms with E-state index in [9.17, 15) is 0 Å². The monoisotopic (exact) mass is 411 g/mol. The van der Waals surface area contributed by atoms with Crippen molar-refractivity contribution < 1.29 is 4.74 Å². The second kappa shape index (κ2) is 9.31. The molecule has 0 unspecified atom stereocenters. The average Bonchev–Trinajstić information content (AvgIpc) is 3.14. The molecule has 0 amide bonds. The summed E-state index contributed by atoms with van der Waals surface area (Å²) in [7, 11) is 0. The van der Waals surface area contributed by atoms with E-state index in [4.69, 9.17) is 19.8 Å². The van der Waals surface area contributed by atoms with Crippen LogP contribution in [0.15, 0.2) is 18.6 Å². The summed E-state index contributed by atoms with van der Waals surface area (Å²) in [4.78, 5) is 20.4.